The Morgan fingerprint density at radius 3 is 3.00 bits per heavy atom. The molecule has 0 amide bonds. The van der Waals surface area contributed by atoms with Crippen LogP contribution in [0.5, 0.6) is 0 Å². The standard InChI is InChI=1S/C12H15N3O/c1-2-3-4-5-10-13-8-9-6-7-11(16)15-12(9)14-10/h6-8H,2-5H2,1H3,(H,13,14,15,16). The lowest BCUT2D eigenvalue weighted by Gasteiger charge is -2.01. The van der Waals surface area contributed by atoms with Crippen LogP contribution in [0.3, 0.4) is 0 Å². The summed E-state index contributed by atoms with van der Waals surface area (Å²) >= 11 is 0. The molecule has 0 aliphatic rings. The van der Waals surface area contributed by atoms with Crippen LogP contribution in [0.4, 0.5) is 0 Å². The van der Waals surface area contributed by atoms with Gasteiger partial charge in [0.2, 0.25) is 5.56 Å². The van der Waals surface area contributed by atoms with Crippen LogP contribution in [0.25, 0.3) is 11.0 Å². The zero-order valence-corrected chi connectivity index (χ0v) is 9.36. The third kappa shape index (κ3) is 2.45. The van der Waals surface area contributed by atoms with Crippen molar-refractivity contribution in [2.24, 2.45) is 0 Å². The molecule has 0 saturated carbocycles. The van der Waals surface area contributed by atoms with Crippen molar-refractivity contribution in [3.63, 3.8) is 0 Å². The van der Waals surface area contributed by atoms with Crippen LogP contribution in [0.1, 0.15) is 32.0 Å². The van der Waals surface area contributed by atoms with Gasteiger partial charge in [-0.1, -0.05) is 19.8 Å². The lowest BCUT2D eigenvalue weighted by Crippen LogP contribution is -2.05. The van der Waals surface area contributed by atoms with Crippen LogP contribution in [-0.2, 0) is 6.42 Å². The van der Waals surface area contributed by atoms with Gasteiger partial charge < -0.3 is 4.98 Å². The summed E-state index contributed by atoms with van der Waals surface area (Å²) in [6.07, 6.45) is 6.11. The van der Waals surface area contributed by atoms with Crippen LogP contribution < -0.4 is 5.56 Å². The Morgan fingerprint density at radius 2 is 2.19 bits per heavy atom. The van der Waals surface area contributed by atoms with Gasteiger partial charge in [-0.25, -0.2) is 9.97 Å². The fraction of sp³-hybridized carbons (Fsp3) is 0.417. The number of rotatable bonds is 4. The summed E-state index contributed by atoms with van der Waals surface area (Å²) in [6.45, 7) is 2.17. The summed E-state index contributed by atoms with van der Waals surface area (Å²) in [5, 5.41) is 0.874. The van der Waals surface area contributed by atoms with Gasteiger partial charge in [0.1, 0.15) is 11.5 Å². The first-order valence-electron chi connectivity index (χ1n) is 5.64. The van der Waals surface area contributed by atoms with Gasteiger partial charge >= 0.3 is 0 Å². The van der Waals surface area contributed by atoms with Crippen LogP contribution in [0.2, 0.25) is 0 Å². The van der Waals surface area contributed by atoms with Gasteiger partial charge in [-0.05, 0) is 12.5 Å². The highest BCUT2D eigenvalue weighted by molar-refractivity contribution is 5.72. The van der Waals surface area contributed by atoms with E-state index in [1.54, 1.807) is 12.3 Å². The van der Waals surface area contributed by atoms with E-state index in [0.29, 0.717) is 5.65 Å². The highest BCUT2D eigenvalue weighted by Gasteiger charge is 2.00. The van der Waals surface area contributed by atoms with Crippen molar-refractivity contribution in [1.29, 1.82) is 0 Å². The van der Waals surface area contributed by atoms with Crippen molar-refractivity contribution in [2.45, 2.75) is 32.6 Å². The number of H-pyrrole nitrogens is 1. The predicted molar refractivity (Wildman–Crippen MR) is 63.4 cm³/mol. The Labute approximate surface area is 93.8 Å². The van der Waals surface area contributed by atoms with Crippen molar-refractivity contribution >= 4 is 11.0 Å². The summed E-state index contributed by atoms with van der Waals surface area (Å²) in [6, 6.07) is 3.23. The number of unbranched alkanes of at least 4 members (excludes halogenated alkanes) is 2. The number of nitrogens with zero attached hydrogens (tertiary/aromatic N) is 2. The van der Waals surface area contributed by atoms with Gasteiger partial charge in [0, 0.05) is 24.1 Å². The summed E-state index contributed by atoms with van der Waals surface area (Å²) in [4.78, 5) is 22.5. The van der Waals surface area contributed by atoms with E-state index in [1.165, 1.54) is 18.9 Å². The summed E-state index contributed by atoms with van der Waals surface area (Å²) < 4.78 is 0. The molecule has 84 valence electrons. The second kappa shape index (κ2) is 4.88. The molecule has 2 aromatic rings. The van der Waals surface area contributed by atoms with E-state index in [4.69, 9.17) is 0 Å². The van der Waals surface area contributed by atoms with Crippen molar-refractivity contribution in [3.05, 3.63) is 34.5 Å². The van der Waals surface area contributed by atoms with Gasteiger partial charge in [-0.3, -0.25) is 4.79 Å². The number of nitrogens with one attached hydrogen (secondary N) is 1. The molecule has 2 heterocycles. The molecule has 4 heteroatoms. The van der Waals surface area contributed by atoms with Gasteiger partial charge in [0.05, 0.1) is 0 Å². The molecule has 0 radical (unpaired) electrons. The normalized spacial score (nSPS) is 10.8. The number of hydrogen-bond donors (Lipinski definition) is 1. The second-order valence-electron chi connectivity index (χ2n) is 3.87. The maximum absolute atomic E-state index is 11.1. The third-order valence-electron chi connectivity index (χ3n) is 2.53. The van der Waals surface area contributed by atoms with Crippen LogP contribution in [-0.4, -0.2) is 15.0 Å². The number of hydrogen-bond acceptors (Lipinski definition) is 3. The molecule has 0 bridgehead atoms. The molecular formula is C12H15N3O. The second-order valence-corrected chi connectivity index (χ2v) is 3.87. The first-order chi connectivity index (χ1) is 7.79. The molecule has 0 unspecified atom stereocenters. The molecule has 0 spiro atoms. The van der Waals surface area contributed by atoms with E-state index in [-0.39, 0.29) is 5.56 Å². The Kier molecular flexibility index (Phi) is 3.29. The van der Waals surface area contributed by atoms with E-state index in [0.717, 1.165) is 24.1 Å². The van der Waals surface area contributed by atoms with Gasteiger partial charge in [-0.2, -0.15) is 0 Å². The third-order valence-corrected chi connectivity index (χ3v) is 2.53. The predicted octanol–water partition coefficient (Wildman–Crippen LogP) is 2.05. The average molecular weight is 217 g/mol. The first kappa shape index (κ1) is 10.8. The average Bonchev–Trinajstić information content (AvgIpc) is 2.29. The van der Waals surface area contributed by atoms with Crippen LogP contribution in [0, 0.1) is 0 Å². The molecule has 4 nitrogen and oxygen atoms in total. The number of aromatic nitrogens is 3. The number of pyridine rings is 1. The van der Waals surface area contributed by atoms with Crippen LogP contribution in [0.15, 0.2) is 23.1 Å². The molecule has 0 fully saturated rings. The summed E-state index contributed by atoms with van der Waals surface area (Å²) in [7, 11) is 0. The first-order valence-corrected chi connectivity index (χ1v) is 5.64. The van der Waals surface area contributed by atoms with Crippen molar-refractivity contribution in [1.82, 2.24) is 15.0 Å². The largest absolute Gasteiger partial charge is 0.306 e. The summed E-state index contributed by atoms with van der Waals surface area (Å²) in [5.74, 6) is 0.808. The maximum atomic E-state index is 11.1. The molecule has 0 aromatic carbocycles. The highest BCUT2D eigenvalue weighted by atomic mass is 16.1. The smallest absolute Gasteiger partial charge is 0.249 e. The summed E-state index contributed by atoms with van der Waals surface area (Å²) in [5.41, 5.74) is 0.514. The zero-order chi connectivity index (χ0) is 11.4. The minimum absolute atomic E-state index is 0.120. The van der Waals surface area contributed by atoms with E-state index >= 15 is 0 Å². The molecule has 0 saturated heterocycles. The fourth-order valence-electron chi connectivity index (χ4n) is 1.63. The van der Waals surface area contributed by atoms with E-state index in [9.17, 15) is 4.79 Å². The number of fused-ring (bicyclic) bond motifs is 1. The van der Waals surface area contributed by atoms with Crippen LogP contribution >= 0.6 is 0 Å². The monoisotopic (exact) mass is 217 g/mol. The maximum Gasteiger partial charge on any atom is 0.249 e. The fourth-order valence-corrected chi connectivity index (χ4v) is 1.63. The van der Waals surface area contributed by atoms with Crippen molar-refractivity contribution < 1.29 is 0 Å². The van der Waals surface area contributed by atoms with Gasteiger partial charge in [0.25, 0.3) is 0 Å². The molecule has 2 aromatic heterocycles. The SMILES string of the molecule is CCCCCc1ncc2ccc(=O)[nH]c2n1. The van der Waals surface area contributed by atoms with Crippen molar-refractivity contribution in [3.8, 4) is 0 Å². The van der Waals surface area contributed by atoms with E-state index in [2.05, 4.69) is 21.9 Å². The number of aryl methyl sites for hydroxylation is 1. The lowest BCUT2D eigenvalue weighted by molar-refractivity contribution is 0.695. The lowest BCUT2D eigenvalue weighted by atomic mass is 10.2. The number of aromatic amines is 1. The quantitative estimate of drug-likeness (QED) is 0.797. The van der Waals surface area contributed by atoms with Crippen molar-refractivity contribution in [2.75, 3.05) is 0 Å². The van der Waals surface area contributed by atoms with Gasteiger partial charge in [0.15, 0.2) is 0 Å². The molecule has 16 heavy (non-hydrogen) atoms. The zero-order valence-electron chi connectivity index (χ0n) is 9.36. The molecule has 2 rings (SSSR count). The minimum atomic E-state index is -0.120. The molecule has 0 atom stereocenters. The Hall–Kier alpha value is -1.71. The topological polar surface area (TPSA) is 58.6 Å². The Morgan fingerprint density at radius 1 is 1.31 bits per heavy atom. The van der Waals surface area contributed by atoms with E-state index < -0.39 is 0 Å². The minimum Gasteiger partial charge on any atom is -0.306 e. The van der Waals surface area contributed by atoms with E-state index in [1.807, 2.05) is 0 Å². The highest BCUT2D eigenvalue weighted by Crippen LogP contribution is 2.07. The van der Waals surface area contributed by atoms with Gasteiger partial charge in [-0.15, -0.1) is 0 Å². The Balaban J connectivity index is 2.25. The Bertz CT molecular complexity index is 533. The molecule has 0 aliphatic carbocycles. The molecule has 1 N–H and O–H groups in total. The molecular weight excluding hydrogens is 202 g/mol. The molecule has 0 aliphatic heterocycles.